The Kier molecular flexibility index (Phi) is 15.7. The maximum atomic E-state index is 8.97. The summed E-state index contributed by atoms with van der Waals surface area (Å²) in [7, 11) is 0. The van der Waals surface area contributed by atoms with Gasteiger partial charge in [0.25, 0.3) is 0 Å². The van der Waals surface area contributed by atoms with Crippen LogP contribution < -0.4 is 0 Å². The van der Waals surface area contributed by atoms with Gasteiger partial charge in [0.2, 0.25) is 0 Å². The minimum absolute atomic E-state index is 0.385. The van der Waals surface area contributed by atoms with Gasteiger partial charge in [-0.05, 0) is 25.8 Å². The Balaban J connectivity index is 3.06. The predicted octanol–water partition coefficient (Wildman–Crippen LogP) is 7.10. The highest BCUT2D eigenvalue weighted by atomic mass is 16.3. The number of rotatable bonds is 14. The van der Waals surface area contributed by atoms with Crippen LogP contribution in [-0.4, -0.2) is 5.11 Å². The molecule has 118 valence electrons. The first kappa shape index (κ1) is 19.3. The number of hydrogen-bond acceptors (Lipinski definition) is 1. The van der Waals surface area contributed by atoms with Crippen molar-refractivity contribution in [1.29, 1.82) is 0 Å². The lowest BCUT2D eigenvalue weighted by molar-refractivity contribution is 0.414. The number of unbranched alkanes of at least 4 members (excludes halogenated alkanes) is 12. The van der Waals surface area contributed by atoms with Crippen LogP contribution in [0.1, 0.15) is 97.3 Å². The van der Waals surface area contributed by atoms with Crippen molar-refractivity contribution >= 4 is 0 Å². The van der Waals surface area contributed by atoms with Crippen molar-refractivity contribution in [2.75, 3.05) is 0 Å². The molecule has 0 aliphatic carbocycles. The SMILES string of the molecule is CCCCCCCCCCCCCCC=CC=C(C)O. The van der Waals surface area contributed by atoms with Gasteiger partial charge in [0.15, 0.2) is 0 Å². The second kappa shape index (κ2) is 16.3. The van der Waals surface area contributed by atoms with Gasteiger partial charge in [-0.3, -0.25) is 0 Å². The van der Waals surface area contributed by atoms with E-state index >= 15 is 0 Å². The number of allylic oxidation sites excluding steroid dienone is 4. The molecule has 1 nitrogen and oxygen atoms in total. The monoisotopic (exact) mass is 280 g/mol. The smallest absolute Gasteiger partial charge is 0.0891 e. The molecule has 0 radical (unpaired) electrons. The summed E-state index contributed by atoms with van der Waals surface area (Å²) < 4.78 is 0. The van der Waals surface area contributed by atoms with E-state index in [4.69, 9.17) is 5.11 Å². The third kappa shape index (κ3) is 17.3. The van der Waals surface area contributed by atoms with Gasteiger partial charge in [-0.25, -0.2) is 0 Å². The molecule has 0 aromatic rings. The fraction of sp³-hybridized carbons (Fsp3) is 0.789. The molecule has 0 aliphatic heterocycles. The van der Waals surface area contributed by atoms with Crippen LogP contribution in [0, 0.1) is 0 Å². The molecule has 1 heteroatoms. The predicted molar refractivity (Wildman–Crippen MR) is 91.2 cm³/mol. The molecule has 0 aliphatic rings. The lowest BCUT2D eigenvalue weighted by Crippen LogP contribution is -1.82. The summed E-state index contributed by atoms with van der Waals surface area (Å²) in [6.07, 6.45) is 23.8. The summed E-state index contributed by atoms with van der Waals surface area (Å²) in [6, 6.07) is 0. The second-order valence-corrected chi connectivity index (χ2v) is 5.91. The highest BCUT2D eigenvalue weighted by Crippen LogP contribution is 2.12. The highest BCUT2D eigenvalue weighted by Gasteiger charge is 1.92. The van der Waals surface area contributed by atoms with E-state index in [9.17, 15) is 0 Å². The standard InChI is InChI=1S/C19H36O/c1-3-4-5-6-7-8-9-10-11-12-13-14-15-16-17-18-19(2)20/h16-18,20H,3-15H2,1-2H3. The summed E-state index contributed by atoms with van der Waals surface area (Å²) in [5.41, 5.74) is 0. The van der Waals surface area contributed by atoms with Crippen LogP contribution in [0.15, 0.2) is 24.0 Å². The Morgan fingerprint density at radius 2 is 1.20 bits per heavy atom. The summed E-state index contributed by atoms with van der Waals surface area (Å²) in [5, 5.41) is 8.97. The topological polar surface area (TPSA) is 20.2 Å². The lowest BCUT2D eigenvalue weighted by Gasteiger charge is -2.02. The second-order valence-electron chi connectivity index (χ2n) is 5.91. The van der Waals surface area contributed by atoms with Crippen molar-refractivity contribution in [3.05, 3.63) is 24.0 Å². The zero-order valence-electron chi connectivity index (χ0n) is 13.9. The fourth-order valence-electron chi connectivity index (χ4n) is 2.41. The van der Waals surface area contributed by atoms with E-state index < -0.39 is 0 Å². The van der Waals surface area contributed by atoms with Gasteiger partial charge in [0, 0.05) is 0 Å². The van der Waals surface area contributed by atoms with Crippen LogP contribution in [0.5, 0.6) is 0 Å². The first-order valence-electron chi connectivity index (χ1n) is 8.79. The zero-order valence-corrected chi connectivity index (χ0v) is 13.9. The fourth-order valence-corrected chi connectivity index (χ4v) is 2.41. The molecule has 0 atom stereocenters. The van der Waals surface area contributed by atoms with Crippen molar-refractivity contribution in [3.63, 3.8) is 0 Å². The van der Waals surface area contributed by atoms with Gasteiger partial charge in [0.1, 0.15) is 0 Å². The Morgan fingerprint density at radius 3 is 1.65 bits per heavy atom. The van der Waals surface area contributed by atoms with E-state index in [1.165, 1.54) is 77.0 Å². The van der Waals surface area contributed by atoms with E-state index in [-0.39, 0.29) is 0 Å². The molecule has 0 rings (SSSR count). The van der Waals surface area contributed by atoms with E-state index in [0.29, 0.717) is 5.76 Å². The Bertz CT molecular complexity index is 236. The molecule has 0 heterocycles. The van der Waals surface area contributed by atoms with Crippen LogP contribution in [-0.2, 0) is 0 Å². The Hall–Kier alpha value is -0.720. The van der Waals surface area contributed by atoms with Gasteiger partial charge < -0.3 is 5.11 Å². The van der Waals surface area contributed by atoms with E-state index in [2.05, 4.69) is 13.0 Å². The van der Waals surface area contributed by atoms with E-state index in [0.717, 1.165) is 6.42 Å². The quantitative estimate of drug-likeness (QED) is 0.204. The first-order valence-corrected chi connectivity index (χ1v) is 8.79. The number of hydrogen-bond donors (Lipinski definition) is 1. The molecule has 20 heavy (non-hydrogen) atoms. The molecule has 0 aromatic carbocycles. The van der Waals surface area contributed by atoms with Crippen LogP contribution >= 0.6 is 0 Å². The van der Waals surface area contributed by atoms with Gasteiger partial charge in [-0.15, -0.1) is 0 Å². The number of aliphatic hydroxyl groups is 1. The summed E-state index contributed by atoms with van der Waals surface area (Å²) in [5.74, 6) is 0.385. The first-order chi connectivity index (χ1) is 9.77. The molecule has 0 saturated carbocycles. The van der Waals surface area contributed by atoms with Crippen LogP contribution in [0.3, 0.4) is 0 Å². The molecule has 0 amide bonds. The van der Waals surface area contributed by atoms with Gasteiger partial charge in [-0.2, -0.15) is 0 Å². The third-order valence-electron chi connectivity index (χ3n) is 3.70. The molecular formula is C19H36O. The van der Waals surface area contributed by atoms with Crippen LogP contribution in [0.25, 0.3) is 0 Å². The summed E-state index contributed by atoms with van der Waals surface area (Å²) in [6.45, 7) is 3.98. The van der Waals surface area contributed by atoms with Crippen molar-refractivity contribution < 1.29 is 5.11 Å². The minimum Gasteiger partial charge on any atom is -0.513 e. The molecule has 0 fully saturated rings. The summed E-state index contributed by atoms with van der Waals surface area (Å²) >= 11 is 0. The lowest BCUT2D eigenvalue weighted by atomic mass is 10.0. The zero-order chi connectivity index (χ0) is 14.9. The van der Waals surface area contributed by atoms with Crippen LogP contribution in [0.2, 0.25) is 0 Å². The maximum absolute atomic E-state index is 8.97. The molecule has 0 unspecified atom stereocenters. The molecule has 1 N–H and O–H groups in total. The van der Waals surface area contributed by atoms with Crippen molar-refractivity contribution in [2.24, 2.45) is 0 Å². The minimum atomic E-state index is 0.385. The van der Waals surface area contributed by atoms with Gasteiger partial charge in [-0.1, -0.05) is 89.7 Å². The average Bonchev–Trinajstić information content (AvgIpc) is 2.43. The third-order valence-corrected chi connectivity index (χ3v) is 3.70. The Morgan fingerprint density at radius 1 is 0.750 bits per heavy atom. The Labute approximate surface area is 127 Å². The average molecular weight is 280 g/mol. The van der Waals surface area contributed by atoms with Crippen molar-refractivity contribution in [1.82, 2.24) is 0 Å². The number of aliphatic hydroxyl groups excluding tert-OH is 1. The molecule has 0 spiro atoms. The van der Waals surface area contributed by atoms with E-state index in [1.54, 1.807) is 13.0 Å². The van der Waals surface area contributed by atoms with Crippen LogP contribution in [0.4, 0.5) is 0 Å². The van der Waals surface area contributed by atoms with E-state index in [1.807, 2.05) is 6.08 Å². The largest absolute Gasteiger partial charge is 0.513 e. The van der Waals surface area contributed by atoms with Crippen molar-refractivity contribution in [3.8, 4) is 0 Å². The molecule has 0 saturated heterocycles. The van der Waals surface area contributed by atoms with Crippen molar-refractivity contribution in [2.45, 2.75) is 97.3 Å². The molecule has 0 bridgehead atoms. The summed E-state index contributed by atoms with van der Waals surface area (Å²) in [4.78, 5) is 0. The highest BCUT2D eigenvalue weighted by molar-refractivity contribution is 5.04. The molecule has 0 aromatic heterocycles. The van der Waals surface area contributed by atoms with Gasteiger partial charge in [0.05, 0.1) is 5.76 Å². The van der Waals surface area contributed by atoms with Gasteiger partial charge >= 0.3 is 0 Å². The molecular weight excluding hydrogens is 244 g/mol. The normalized spacial score (nSPS) is 12.4. The maximum Gasteiger partial charge on any atom is 0.0891 e.